The molecule has 2 aromatic rings. The largest absolute Gasteiger partial charge is 0.452 e. The van der Waals surface area contributed by atoms with Gasteiger partial charge in [-0.2, -0.15) is 0 Å². The predicted molar refractivity (Wildman–Crippen MR) is 89.9 cm³/mol. The van der Waals surface area contributed by atoms with E-state index >= 15 is 0 Å². The number of esters is 1. The van der Waals surface area contributed by atoms with Crippen molar-refractivity contribution in [2.24, 2.45) is 0 Å². The quantitative estimate of drug-likeness (QED) is 0.810. The highest BCUT2D eigenvalue weighted by atomic mass is 35.5. The van der Waals surface area contributed by atoms with Crippen molar-refractivity contribution in [2.75, 3.05) is 13.2 Å². The van der Waals surface area contributed by atoms with Gasteiger partial charge in [-0.25, -0.2) is 4.79 Å². The molecule has 0 atom stereocenters. The fourth-order valence-electron chi connectivity index (χ4n) is 1.88. The number of benzene rings is 2. The van der Waals surface area contributed by atoms with Crippen LogP contribution in [0.5, 0.6) is 0 Å². The van der Waals surface area contributed by atoms with Gasteiger partial charge in [-0.15, -0.1) is 0 Å². The van der Waals surface area contributed by atoms with E-state index in [2.05, 4.69) is 5.32 Å². The van der Waals surface area contributed by atoms with Gasteiger partial charge in [-0.05, 0) is 30.2 Å². The Hall–Kier alpha value is -2.04. The van der Waals surface area contributed by atoms with Gasteiger partial charge in [0.25, 0.3) is 5.91 Å². The van der Waals surface area contributed by atoms with Crippen LogP contribution in [0.25, 0.3) is 0 Å². The lowest BCUT2D eigenvalue weighted by atomic mass is 10.1. The summed E-state index contributed by atoms with van der Waals surface area (Å²) in [4.78, 5) is 23.5. The number of ether oxygens (including phenoxy) is 1. The first-order valence-corrected chi connectivity index (χ1v) is 7.74. The smallest absolute Gasteiger partial charge is 0.338 e. The van der Waals surface area contributed by atoms with Gasteiger partial charge in [0.2, 0.25) is 0 Å². The molecule has 0 aliphatic rings. The van der Waals surface area contributed by atoms with Crippen LogP contribution in [0.1, 0.15) is 15.9 Å². The minimum atomic E-state index is -0.623. The molecule has 2 aromatic carbocycles. The van der Waals surface area contributed by atoms with Crippen LogP contribution in [0.2, 0.25) is 10.0 Å². The lowest BCUT2D eigenvalue weighted by Gasteiger charge is -2.07. The average molecular weight is 352 g/mol. The molecule has 0 aliphatic carbocycles. The molecule has 1 amide bonds. The molecule has 0 spiro atoms. The first kappa shape index (κ1) is 17.3. The first-order chi connectivity index (χ1) is 11.1. The van der Waals surface area contributed by atoms with Crippen LogP contribution in [0, 0.1) is 0 Å². The maximum Gasteiger partial charge on any atom is 0.338 e. The highest BCUT2D eigenvalue weighted by Gasteiger charge is 2.11. The molecule has 1 N–H and O–H groups in total. The Morgan fingerprint density at radius 2 is 1.74 bits per heavy atom. The highest BCUT2D eigenvalue weighted by molar-refractivity contribution is 6.42. The normalized spacial score (nSPS) is 10.2. The molecule has 23 heavy (non-hydrogen) atoms. The molecule has 4 nitrogen and oxygen atoms in total. The van der Waals surface area contributed by atoms with E-state index in [9.17, 15) is 9.59 Å². The second-order valence-corrected chi connectivity index (χ2v) is 5.60. The molecule has 0 aliphatic heterocycles. The van der Waals surface area contributed by atoms with Crippen molar-refractivity contribution in [1.82, 2.24) is 5.32 Å². The second-order valence-electron chi connectivity index (χ2n) is 4.79. The minimum Gasteiger partial charge on any atom is -0.452 e. The summed E-state index contributed by atoms with van der Waals surface area (Å²) in [6, 6.07) is 14.2. The van der Waals surface area contributed by atoms with Crippen LogP contribution in [0.4, 0.5) is 0 Å². The van der Waals surface area contributed by atoms with Crippen LogP contribution in [-0.2, 0) is 16.0 Å². The average Bonchev–Trinajstić information content (AvgIpc) is 2.56. The number of hydrogen-bond acceptors (Lipinski definition) is 3. The van der Waals surface area contributed by atoms with Gasteiger partial charge in [-0.3, -0.25) is 4.79 Å². The van der Waals surface area contributed by atoms with E-state index in [-0.39, 0.29) is 23.1 Å². The molecule has 6 heteroatoms. The predicted octanol–water partition coefficient (Wildman–Crippen LogP) is 3.51. The Bertz CT molecular complexity index is 689. The van der Waals surface area contributed by atoms with Crippen molar-refractivity contribution in [3.63, 3.8) is 0 Å². The zero-order valence-corrected chi connectivity index (χ0v) is 13.7. The van der Waals surface area contributed by atoms with Gasteiger partial charge >= 0.3 is 5.97 Å². The Balaban J connectivity index is 1.73. The lowest BCUT2D eigenvalue weighted by molar-refractivity contribution is -0.124. The third-order valence-electron chi connectivity index (χ3n) is 3.07. The summed E-state index contributed by atoms with van der Waals surface area (Å²) in [6.45, 7) is 0.140. The summed E-state index contributed by atoms with van der Waals surface area (Å²) >= 11 is 11.6. The van der Waals surface area contributed by atoms with Crippen LogP contribution in [0.3, 0.4) is 0 Å². The van der Waals surface area contributed by atoms with Gasteiger partial charge in [0, 0.05) is 6.54 Å². The summed E-state index contributed by atoms with van der Waals surface area (Å²) in [5.41, 5.74) is 1.37. The number of amides is 1. The van der Waals surface area contributed by atoms with Crippen molar-refractivity contribution in [2.45, 2.75) is 6.42 Å². The van der Waals surface area contributed by atoms with Gasteiger partial charge in [-0.1, -0.05) is 53.5 Å². The van der Waals surface area contributed by atoms with Crippen LogP contribution in [0.15, 0.2) is 48.5 Å². The number of rotatable bonds is 6. The lowest BCUT2D eigenvalue weighted by Crippen LogP contribution is -2.30. The molecule has 0 unspecified atom stereocenters. The molecule has 0 radical (unpaired) electrons. The Morgan fingerprint density at radius 3 is 2.43 bits per heavy atom. The molecule has 0 heterocycles. The third kappa shape index (κ3) is 5.58. The van der Waals surface area contributed by atoms with Crippen molar-refractivity contribution in [3.05, 3.63) is 69.7 Å². The van der Waals surface area contributed by atoms with E-state index in [1.54, 1.807) is 0 Å². The summed E-state index contributed by atoms with van der Waals surface area (Å²) in [7, 11) is 0. The van der Waals surface area contributed by atoms with E-state index in [1.165, 1.54) is 18.2 Å². The zero-order chi connectivity index (χ0) is 16.7. The number of carbonyl (C=O) groups is 2. The topological polar surface area (TPSA) is 55.4 Å². The summed E-state index contributed by atoms with van der Waals surface area (Å²) in [5.74, 6) is -0.976. The van der Waals surface area contributed by atoms with Gasteiger partial charge in [0.05, 0.1) is 15.6 Å². The molecule has 0 saturated heterocycles. The van der Waals surface area contributed by atoms with Crippen molar-refractivity contribution < 1.29 is 14.3 Å². The second kappa shape index (κ2) is 8.56. The monoisotopic (exact) mass is 351 g/mol. The number of carbonyl (C=O) groups excluding carboxylic acids is 2. The molecule has 0 aromatic heterocycles. The van der Waals surface area contributed by atoms with E-state index in [0.29, 0.717) is 18.0 Å². The fraction of sp³-hybridized carbons (Fsp3) is 0.176. The van der Waals surface area contributed by atoms with Crippen molar-refractivity contribution in [1.29, 1.82) is 0 Å². The van der Waals surface area contributed by atoms with Gasteiger partial charge in [0.1, 0.15) is 0 Å². The van der Waals surface area contributed by atoms with E-state index in [0.717, 1.165) is 5.56 Å². The molecule has 120 valence electrons. The number of nitrogens with one attached hydrogen (secondary N) is 1. The Morgan fingerprint density at radius 1 is 1.00 bits per heavy atom. The van der Waals surface area contributed by atoms with Crippen molar-refractivity contribution >= 4 is 35.1 Å². The Labute approximate surface area is 144 Å². The maximum atomic E-state index is 11.8. The summed E-state index contributed by atoms with van der Waals surface area (Å²) in [5, 5.41) is 3.30. The number of halogens is 2. The molecule has 0 bridgehead atoms. The molecule has 0 fully saturated rings. The highest BCUT2D eigenvalue weighted by Crippen LogP contribution is 2.22. The summed E-state index contributed by atoms with van der Waals surface area (Å²) < 4.78 is 4.93. The SMILES string of the molecule is O=C(COC(=O)c1ccc(Cl)c(Cl)c1)NCCc1ccccc1. The summed E-state index contributed by atoms with van der Waals surface area (Å²) in [6.07, 6.45) is 0.716. The van der Waals surface area contributed by atoms with Crippen molar-refractivity contribution in [3.8, 4) is 0 Å². The van der Waals surface area contributed by atoms with E-state index in [1.807, 2.05) is 30.3 Å². The van der Waals surface area contributed by atoms with Crippen LogP contribution < -0.4 is 5.32 Å². The van der Waals surface area contributed by atoms with Gasteiger partial charge < -0.3 is 10.1 Å². The van der Waals surface area contributed by atoms with Crippen LogP contribution >= 0.6 is 23.2 Å². The zero-order valence-electron chi connectivity index (χ0n) is 12.2. The third-order valence-corrected chi connectivity index (χ3v) is 3.81. The molecule has 0 saturated carbocycles. The van der Waals surface area contributed by atoms with Gasteiger partial charge in [0.15, 0.2) is 6.61 Å². The van der Waals surface area contributed by atoms with E-state index in [4.69, 9.17) is 27.9 Å². The molecular weight excluding hydrogens is 337 g/mol. The Kier molecular flexibility index (Phi) is 6.44. The fourth-order valence-corrected chi connectivity index (χ4v) is 2.18. The minimum absolute atomic E-state index is 0.247. The molecule has 2 rings (SSSR count). The van der Waals surface area contributed by atoms with Crippen LogP contribution in [-0.4, -0.2) is 25.0 Å². The number of hydrogen-bond donors (Lipinski definition) is 1. The first-order valence-electron chi connectivity index (χ1n) is 6.99. The van der Waals surface area contributed by atoms with E-state index < -0.39 is 5.97 Å². The standard InChI is InChI=1S/C17H15Cl2NO3/c18-14-7-6-13(10-15(14)19)17(22)23-11-16(21)20-9-8-12-4-2-1-3-5-12/h1-7,10H,8-9,11H2,(H,20,21). The maximum absolute atomic E-state index is 11.8. The molecular formula is C17H15Cl2NO3.